The van der Waals surface area contributed by atoms with E-state index in [-0.39, 0.29) is 49.6 Å². The number of hydrogen-bond acceptors (Lipinski definition) is 5. The number of anilines is 1. The standard InChI is InChI=1S/C27H38FN3O5S/c1-6-20(3)29-27(33)25(7-2)30(19-21-13-15-22(28)16-14-21)26(32)12-9-17-31(37(5,34)35)23-10-8-11-24(18-23)36-4/h8,10-11,13-16,18,20,25H,6-7,9,12,17,19H2,1-5H3,(H,29,33)/t20-,25+/m1/s1. The Morgan fingerprint density at radius 3 is 2.32 bits per heavy atom. The van der Waals surface area contributed by atoms with E-state index in [9.17, 15) is 22.4 Å². The number of nitrogens with zero attached hydrogens (tertiary/aromatic N) is 2. The molecule has 0 aliphatic rings. The first-order chi connectivity index (χ1) is 17.5. The van der Waals surface area contributed by atoms with Crippen LogP contribution in [-0.2, 0) is 26.2 Å². The number of rotatable bonds is 14. The zero-order chi connectivity index (χ0) is 27.6. The van der Waals surface area contributed by atoms with Crippen LogP contribution < -0.4 is 14.4 Å². The minimum Gasteiger partial charge on any atom is -0.497 e. The molecule has 0 spiro atoms. The summed E-state index contributed by atoms with van der Waals surface area (Å²) in [6.45, 7) is 5.91. The molecule has 0 aliphatic heterocycles. The number of methoxy groups -OCH3 is 1. The normalized spacial score (nSPS) is 12.9. The molecule has 10 heteroatoms. The lowest BCUT2D eigenvalue weighted by Crippen LogP contribution is -2.50. The highest BCUT2D eigenvalue weighted by Crippen LogP contribution is 2.24. The van der Waals surface area contributed by atoms with Gasteiger partial charge in [0, 0.05) is 31.6 Å². The van der Waals surface area contributed by atoms with Crippen molar-refractivity contribution in [3.8, 4) is 5.75 Å². The Hall–Kier alpha value is -3.14. The third kappa shape index (κ3) is 9.03. The topological polar surface area (TPSA) is 96.0 Å². The second-order valence-electron chi connectivity index (χ2n) is 9.03. The third-order valence-corrected chi connectivity index (χ3v) is 7.34. The predicted molar refractivity (Wildman–Crippen MR) is 143 cm³/mol. The third-order valence-electron chi connectivity index (χ3n) is 6.15. The first kappa shape index (κ1) is 30.1. The Balaban J connectivity index is 2.22. The van der Waals surface area contributed by atoms with Crippen molar-refractivity contribution in [1.29, 1.82) is 0 Å². The summed E-state index contributed by atoms with van der Waals surface area (Å²) in [7, 11) is -2.11. The molecule has 1 N–H and O–H groups in total. The molecule has 0 saturated carbocycles. The molecule has 2 amide bonds. The van der Waals surface area contributed by atoms with Crippen molar-refractivity contribution >= 4 is 27.5 Å². The number of nitrogens with one attached hydrogen (secondary N) is 1. The van der Waals surface area contributed by atoms with Gasteiger partial charge < -0.3 is 15.0 Å². The van der Waals surface area contributed by atoms with Crippen LogP contribution in [0.4, 0.5) is 10.1 Å². The van der Waals surface area contributed by atoms with E-state index in [1.54, 1.807) is 36.4 Å². The zero-order valence-electron chi connectivity index (χ0n) is 22.2. The molecule has 2 aromatic carbocycles. The fourth-order valence-electron chi connectivity index (χ4n) is 3.92. The second kappa shape index (κ2) is 14.0. The minimum absolute atomic E-state index is 0.0320. The van der Waals surface area contributed by atoms with Crippen molar-refractivity contribution in [2.45, 2.75) is 65.1 Å². The second-order valence-corrected chi connectivity index (χ2v) is 10.9. The molecule has 2 atom stereocenters. The van der Waals surface area contributed by atoms with E-state index in [0.717, 1.165) is 12.7 Å². The van der Waals surface area contributed by atoms with E-state index in [0.29, 0.717) is 23.4 Å². The summed E-state index contributed by atoms with van der Waals surface area (Å²) in [6.07, 6.45) is 2.53. The molecule has 37 heavy (non-hydrogen) atoms. The molecule has 0 aromatic heterocycles. The van der Waals surface area contributed by atoms with E-state index < -0.39 is 16.1 Å². The maximum atomic E-state index is 13.4. The lowest BCUT2D eigenvalue weighted by molar-refractivity contribution is -0.141. The van der Waals surface area contributed by atoms with Gasteiger partial charge in [-0.25, -0.2) is 12.8 Å². The van der Waals surface area contributed by atoms with Crippen LogP contribution >= 0.6 is 0 Å². The fraction of sp³-hybridized carbons (Fsp3) is 0.481. The highest BCUT2D eigenvalue weighted by molar-refractivity contribution is 7.92. The summed E-state index contributed by atoms with van der Waals surface area (Å²) in [4.78, 5) is 28.0. The Labute approximate surface area is 219 Å². The van der Waals surface area contributed by atoms with Gasteiger partial charge in [-0.1, -0.05) is 32.0 Å². The number of benzene rings is 2. The van der Waals surface area contributed by atoms with E-state index >= 15 is 0 Å². The van der Waals surface area contributed by atoms with Gasteiger partial charge in [-0.3, -0.25) is 13.9 Å². The molecule has 2 rings (SSSR count). The van der Waals surface area contributed by atoms with Crippen molar-refractivity contribution in [2.24, 2.45) is 0 Å². The number of ether oxygens (including phenoxy) is 1. The average molecular weight is 536 g/mol. The van der Waals surface area contributed by atoms with Gasteiger partial charge >= 0.3 is 0 Å². The molecule has 0 unspecified atom stereocenters. The molecular formula is C27H38FN3O5S. The zero-order valence-corrected chi connectivity index (χ0v) is 23.1. The van der Waals surface area contributed by atoms with Gasteiger partial charge in [-0.05, 0) is 56.0 Å². The Kier molecular flexibility index (Phi) is 11.4. The van der Waals surface area contributed by atoms with Crippen LogP contribution in [0.2, 0.25) is 0 Å². The van der Waals surface area contributed by atoms with Crippen molar-refractivity contribution in [1.82, 2.24) is 10.2 Å². The molecule has 0 bridgehead atoms. The summed E-state index contributed by atoms with van der Waals surface area (Å²) < 4.78 is 44.9. The predicted octanol–water partition coefficient (Wildman–Crippen LogP) is 4.10. The summed E-state index contributed by atoms with van der Waals surface area (Å²) in [5.41, 5.74) is 1.13. The van der Waals surface area contributed by atoms with Crippen molar-refractivity contribution < 1.29 is 27.1 Å². The van der Waals surface area contributed by atoms with Gasteiger partial charge in [-0.2, -0.15) is 0 Å². The molecule has 2 aromatic rings. The van der Waals surface area contributed by atoms with E-state index in [4.69, 9.17) is 4.74 Å². The number of hydrogen-bond donors (Lipinski definition) is 1. The molecule has 0 radical (unpaired) electrons. The highest BCUT2D eigenvalue weighted by atomic mass is 32.2. The minimum atomic E-state index is -3.61. The maximum absolute atomic E-state index is 13.4. The Morgan fingerprint density at radius 2 is 1.76 bits per heavy atom. The van der Waals surface area contributed by atoms with Crippen LogP contribution in [0.5, 0.6) is 5.75 Å². The molecule has 0 heterocycles. The lowest BCUT2D eigenvalue weighted by Gasteiger charge is -2.32. The molecule has 0 saturated heterocycles. The average Bonchev–Trinajstić information content (AvgIpc) is 2.86. The van der Waals surface area contributed by atoms with Crippen LogP contribution in [0.1, 0.15) is 52.0 Å². The number of sulfonamides is 1. The van der Waals surface area contributed by atoms with Crippen LogP contribution in [0.3, 0.4) is 0 Å². The first-order valence-corrected chi connectivity index (χ1v) is 14.3. The molecule has 0 aliphatic carbocycles. The van der Waals surface area contributed by atoms with Gasteiger partial charge in [0.1, 0.15) is 17.6 Å². The highest BCUT2D eigenvalue weighted by Gasteiger charge is 2.29. The van der Waals surface area contributed by atoms with Crippen molar-refractivity contribution in [3.05, 3.63) is 59.9 Å². The van der Waals surface area contributed by atoms with Crippen LogP contribution in [0, 0.1) is 5.82 Å². The number of carbonyl (C=O) groups is 2. The molecule has 8 nitrogen and oxygen atoms in total. The monoisotopic (exact) mass is 535 g/mol. The smallest absolute Gasteiger partial charge is 0.243 e. The molecule has 0 fully saturated rings. The van der Waals surface area contributed by atoms with Crippen LogP contribution in [0.15, 0.2) is 48.5 Å². The van der Waals surface area contributed by atoms with Gasteiger partial charge in [0.25, 0.3) is 0 Å². The maximum Gasteiger partial charge on any atom is 0.243 e. The van der Waals surface area contributed by atoms with Gasteiger partial charge in [0.2, 0.25) is 21.8 Å². The quantitative estimate of drug-likeness (QED) is 0.393. The van der Waals surface area contributed by atoms with E-state index in [1.165, 1.54) is 28.4 Å². The summed E-state index contributed by atoms with van der Waals surface area (Å²) in [6, 6.07) is 11.7. The van der Waals surface area contributed by atoms with E-state index in [1.807, 2.05) is 20.8 Å². The Morgan fingerprint density at radius 1 is 1.08 bits per heavy atom. The largest absolute Gasteiger partial charge is 0.497 e. The number of carbonyl (C=O) groups excluding carboxylic acids is 2. The van der Waals surface area contributed by atoms with Gasteiger partial charge in [0.15, 0.2) is 0 Å². The number of halogens is 1. The number of amides is 2. The van der Waals surface area contributed by atoms with Gasteiger partial charge in [0.05, 0.1) is 19.1 Å². The first-order valence-electron chi connectivity index (χ1n) is 12.5. The molecule has 204 valence electrons. The summed E-state index contributed by atoms with van der Waals surface area (Å²) >= 11 is 0. The SMILES string of the molecule is CC[C@@H](C)NC(=O)[C@H](CC)N(Cc1ccc(F)cc1)C(=O)CCCN(c1cccc(OC)c1)S(C)(=O)=O. The van der Waals surface area contributed by atoms with Crippen LogP contribution in [0.25, 0.3) is 0 Å². The van der Waals surface area contributed by atoms with Crippen LogP contribution in [-0.4, -0.2) is 57.1 Å². The van der Waals surface area contributed by atoms with Crippen molar-refractivity contribution in [2.75, 3.05) is 24.2 Å². The summed E-state index contributed by atoms with van der Waals surface area (Å²) in [5, 5.41) is 2.95. The summed E-state index contributed by atoms with van der Waals surface area (Å²) in [5.74, 6) is -0.400. The lowest BCUT2D eigenvalue weighted by atomic mass is 10.1. The van der Waals surface area contributed by atoms with E-state index in [2.05, 4.69) is 5.32 Å². The fourth-order valence-corrected chi connectivity index (χ4v) is 4.87. The van der Waals surface area contributed by atoms with Crippen molar-refractivity contribution in [3.63, 3.8) is 0 Å². The van der Waals surface area contributed by atoms with Gasteiger partial charge in [-0.15, -0.1) is 0 Å². The molecular weight excluding hydrogens is 497 g/mol. The Bertz CT molecular complexity index is 1140.